The molecule has 0 fully saturated rings. The maximum absolute atomic E-state index is 11.9. The van der Waals surface area contributed by atoms with Crippen molar-refractivity contribution in [2.45, 2.75) is 26.0 Å². The Hall–Kier alpha value is -3.35. The number of hydrogen-bond donors (Lipinski definition) is 3. The topological polar surface area (TPSA) is 104 Å². The number of fused-ring (bicyclic) bond motifs is 1. The number of aromatic nitrogens is 2. The minimum Gasteiger partial charge on any atom is -0.480 e. The number of carbonyl (C=O) groups is 2. The van der Waals surface area contributed by atoms with Crippen LogP contribution in [0.4, 0.5) is 4.79 Å². The molecule has 1 amide bonds. The van der Waals surface area contributed by atoms with Crippen molar-refractivity contribution in [3.8, 4) is 0 Å². The zero-order chi connectivity index (χ0) is 18.5. The summed E-state index contributed by atoms with van der Waals surface area (Å²) in [5.74, 6) is -1.12. The number of hydrogen-bond acceptors (Lipinski definition) is 4. The molecule has 3 aromatic rings. The first kappa shape index (κ1) is 17.5. The number of aryl methyl sites for hydroxylation is 1. The van der Waals surface area contributed by atoms with E-state index in [-0.39, 0.29) is 13.0 Å². The first-order valence-corrected chi connectivity index (χ1v) is 8.15. The number of nitrogens with zero attached hydrogens (tertiary/aromatic N) is 1. The van der Waals surface area contributed by atoms with Gasteiger partial charge in [-0.05, 0) is 29.7 Å². The molecule has 0 aliphatic heterocycles. The van der Waals surface area contributed by atoms with Gasteiger partial charge in [0.2, 0.25) is 0 Å². The van der Waals surface area contributed by atoms with E-state index >= 15 is 0 Å². The summed E-state index contributed by atoms with van der Waals surface area (Å²) >= 11 is 0. The van der Waals surface area contributed by atoms with Gasteiger partial charge in [0.1, 0.15) is 12.6 Å². The minimum absolute atomic E-state index is 0.0824. The van der Waals surface area contributed by atoms with Crippen LogP contribution in [0, 0.1) is 6.92 Å². The van der Waals surface area contributed by atoms with Crippen LogP contribution in [-0.2, 0) is 22.6 Å². The highest BCUT2D eigenvalue weighted by Crippen LogP contribution is 2.19. The molecule has 0 unspecified atom stereocenters. The van der Waals surface area contributed by atoms with Gasteiger partial charge in [-0.3, -0.25) is 5.10 Å². The molecule has 0 bridgehead atoms. The van der Waals surface area contributed by atoms with Crippen LogP contribution in [-0.4, -0.2) is 33.4 Å². The predicted molar refractivity (Wildman–Crippen MR) is 95.7 cm³/mol. The highest BCUT2D eigenvalue weighted by atomic mass is 16.5. The van der Waals surface area contributed by atoms with Crippen LogP contribution < -0.4 is 5.32 Å². The molecule has 3 N–H and O–H groups in total. The molecule has 0 saturated carbocycles. The van der Waals surface area contributed by atoms with Crippen molar-refractivity contribution >= 4 is 23.0 Å². The maximum atomic E-state index is 11.9. The van der Waals surface area contributed by atoms with Crippen LogP contribution in [0.2, 0.25) is 0 Å². The molecular formula is C19H19N3O4. The summed E-state index contributed by atoms with van der Waals surface area (Å²) in [5, 5.41) is 19.6. The molecule has 3 rings (SSSR count). The number of rotatable bonds is 6. The number of H-pyrrole nitrogens is 1. The van der Waals surface area contributed by atoms with E-state index in [1.165, 1.54) is 0 Å². The Kier molecular flexibility index (Phi) is 5.17. The number of amides is 1. The fraction of sp³-hybridized carbons (Fsp3) is 0.211. The monoisotopic (exact) mass is 353 g/mol. The summed E-state index contributed by atoms with van der Waals surface area (Å²) in [7, 11) is 0. The zero-order valence-corrected chi connectivity index (χ0v) is 14.2. The summed E-state index contributed by atoms with van der Waals surface area (Å²) in [6.45, 7) is 2.00. The molecule has 0 saturated heterocycles. The molecule has 7 nitrogen and oxygen atoms in total. The Morgan fingerprint density at radius 2 is 2.00 bits per heavy atom. The molecule has 0 spiro atoms. The number of ether oxygens (including phenoxy) is 1. The first-order valence-electron chi connectivity index (χ1n) is 8.15. The quantitative estimate of drug-likeness (QED) is 0.632. The number of carboxylic acid groups (broad SMARTS) is 1. The second-order valence-corrected chi connectivity index (χ2v) is 6.05. The lowest BCUT2D eigenvalue weighted by Crippen LogP contribution is -2.42. The second-order valence-electron chi connectivity index (χ2n) is 6.05. The Balaban J connectivity index is 1.64. The Bertz CT molecular complexity index is 921. The molecule has 1 aromatic heterocycles. The van der Waals surface area contributed by atoms with Gasteiger partial charge in [0.25, 0.3) is 0 Å². The summed E-state index contributed by atoms with van der Waals surface area (Å²) < 4.78 is 5.10. The number of alkyl carbamates (subject to hydrolysis) is 1. The van der Waals surface area contributed by atoms with Crippen LogP contribution in [0.1, 0.15) is 16.7 Å². The van der Waals surface area contributed by atoms with Gasteiger partial charge in [0.15, 0.2) is 0 Å². The lowest BCUT2D eigenvalue weighted by atomic mass is 10.0. The highest BCUT2D eigenvalue weighted by molar-refractivity contribution is 5.83. The number of carbonyl (C=O) groups excluding carboxylic acids is 1. The van der Waals surface area contributed by atoms with Crippen molar-refractivity contribution in [2.75, 3.05) is 0 Å². The number of benzene rings is 2. The summed E-state index contributed by atoms with van der Waals surface area (Å²) in [5.41, 5.74) is 3.50. The van der Waals surface area contributed by atoms with Crippen molar-refractivity contribution in [1.29, 1.82) is 0 Å². The van der Waals surface area contributed by atoms with E-state index in [2.05, 4.69) is 15.5 Å². The molecule has 134 valence electrons. The summed E-state index contributed by atoms with van der Waals surface area (Å²) in [4.78, 5) is 23.5. The average Bonchev–Trinajstić information content (AvgIpc) is 3.09. The van der Waals surface area contributed by atoms with E-state index in [1.807, 2.05) is 49.4 Å². The standard InChI is InChI=1S/C19H19N3O4/c1-12-7-14(8-15-10-20-22-17(12)15)9-16(18(23)24)21-19(25)26-11-13-5-3-2-4-6-13/h2-8,10,16H,9,11H2,1H3,(H,20,22)(H,21,25)(H,23,24)/t16-/m1/s1. The largest absolute Gasteiger partial charge is 0.480 e. The highest BCUT2D eigenvalue weighted by Gasteiger charge is 2.21. The van der Waals surface area contributed by atoms with Crippen LogP contribution in [0.3, 0.4) is 0 Å². The lowest BCUT2D eigenvalue weighted by molar-refractivity contribution is -0.139. The average molecular weight is 353 g/mol. The normalized spacial score (nSPS) is 11.9. The molecule has 0 aliphatic rings. The van der Waals surface area contributed by atoms with Crippen molar-refractivity contribution in [3.63, 3.8) is 0 Å². The molecule has 26 heavy (non-hydrogen) atoms. The Morgan fingerprint density at radius 3 is 2.73 bits per heavy atom. The van der Waals surface area contributed by atoms with Crippen molar-refractivity contribution in [1.82, 2.24) is 15.5 Å². The Morgan fingerprint density at radius 1 is 1.23 bits per heavy atom. The van der Waals surface area contributed by atoms with E-state index in [9.17, 15) is 14.7 Å². The van der Waals surface area contributed by atoms with Gasteiger partial charge in [0.05, 0.1) is 11.7 Å². The molecule has 7 heteroatoms. The van der Waals surface area contributed by atoms with Gasteiger partial charge < -0.3 is 15.2 Å². The predicted octanol–water partition coefficient (Wildman–Crippen LogP) is 2.79. The minimum atomic E-state index is -1.12. The van der Waals surface area contributed by atoms with Gasteiger partial charge in [0, 0.05) is 11.8 Å². The van der Waals surface area contributed by atoms with Gasteiger partial charge in [-0.15, -0.1) is 0 Å². The number of carboxylic acids is 1. The molecular weight excluding hydrogens is 334 g/mol. The lowest BCUT2D eigenvalue weighted by Gasteiger charge is -2.15. The molecule has 1 heterocycles. The second kappa shape index (κ2) is 7.69. The van der Waals surface area contributed by atoms with Crippen LogP contribution in [0.15, 0.2) is 48.7 Å². The molecule has 2 aromatic carbocycles. The fourth-order valence-corrected chi connectivity index (χ4v) is 2.77. The van der Waals surface area contributed by atoms with Crippen molar-refractivity contribution in [3.05, 3.63) is 65.4 Å². The Labute approximate surface area is 150 Å². The molecule has 1 atom stereocenters. The third kappa shape index (κ3) is 4.18. The third-order valence-electron chi connectivity index (χ3n) is 4.05. The zero-order valence-electron chi connectivity index (χ0n) is 14.2. The molecule has 0 radical (unpaired) electrons. The van der Waals surface area contributed by atoms with Crippen LogP contribution >= 0.6 is 0 Å². The van der Waals surface area contributed by atoms with E-state index in [0.717, 1.165) is 27.6 Å². The third-order valence-corrected chi connectivity index (χ3v) is 4.05. The maximum Gasteiger partial charge on any atom is 0.408 e. The van der Waals surface area contributed by atoms with Crippen molar-refractivity contribution in [2.24, 2.45) is 0 Å². The van der Waals surface area contributed by atoms with Crippen LogP contribution in [0.5, 0.6) is 0 Å². The fourth-order valence-electron chi connectivity index (χ4n) is 2.77. The number of aromatic amines is 1. The summed E-state index contributed by atoms with van der Waals surface area (Å²) in [6.07, 6.45) is 1.07. The van der Waals surface area contributed by atoms with Gasteiger partial charge in [-0.25, -0.2) is 9.59 Å². The number of aliphatic carboxylic acids is 1. The SMILES string of the molecule is Cc1cc(C[C@@H](NC(=O)OCc2ccccc2)C(=O)O)cc2cn[nH]c12. The number of nitrogens with one attached hydrogen (secondary N) is 2. The van der Waals surface area contributed by atoms with E-state index in [1.54, 1.807) is 6.20 Å². The summed E-state index contributed by atoms with van der Waals surface area (Å²) in [6, 6.07) is 11.8. The molecule has 0 aliphatic carbocycles. The van der Waals surface area contributed by atoms with Crippen molar-refractivity contribution < 1.29 is 19.4 Å². The van der Waals surface area contributed by atoms with Gasteiger partial charge >= 0.3 is 12.1 Å². The first-order chi connectivity index (χ1) is 12.5. The van der Waals surface area contributed by atoms with Crippen LogP contribution in [0.25, 0.3) is 10.9 Å². The van der Waals surface area contributed by atoms with E-state index < -0.39 is 18.1 Å². The smallest absolute Gasteiger partial charge is 0.408 e. The van der Waals surface area contributed by atoms with E-state index in [4.69, 9.17) is 4.74 Å². The van der Waals surface area contributed by atoms with Gasteiger partial charge in [-0.2, -0.15) is 5.10 Å². The van der Waals surface area contributed by atoms with E-state index in [0.29, 0.717) is 0 Å². The van der Waals surface area contributed by atoms with Gasteiger partial charge in [-0.1, -0.05) is 36.4 Å².